The van der Waals surface area contributed by atoms with E-state index in [0.717, 1.165) is 23.8 Å². The molecule has 0 fully saturated rings. The van der Waals surface area contributed by atoms with Crippen LogP contribution in [0.25, 0.3) is 0 Å². The highest BCUT2D eigenvalue weighted by Gasteiger charge is 2.14. The maximum Gasteiger partial charge on any atom is 0.313 e. The van der Waals surface area contributed by atoms with Crippen LogP contribution in [0.5, 0.6) is 0 Å². The van der Waals surface area contributed by atoms with E-state index in [9.17, 15) is 4.79 Å². The molecule has 1 aromatic heterocycles. The van der Waals surface area contributed by atoms with Crippen LogP contribution in [0.4, 0.5) is 0 Å². The third-order valence-electron chi connectivity index (χ3n) is 3.23. The van der Waals surface area contributed by atoms with E-state index in [-0.39, 0.29) is 5.75 Å². The van der Waals surface area contributed by atoms with Crippen molar-refractivity contribution in [3.63, 3.8) is 0 Å². The molecule has 5 heteroatoms. The number of benzene rings is 1. The van der Waals surface area contributed by atoms with Gasteiger partial charge in [0.2, 0.25) is 0 Å². The van der Waals surface area contributed by atoms with Crippen molar-refractivity contribution in [3.05, 3.63) is 47.8 Å². The number of imidazole rings is 1. The zero-order valence-electron chi connectivity index (χ0n) is 12.3. The van der Waals surface area contributed by atoms with Crippen molar-refractivity contribution in [2.45, 2.75) is 37.9 Å². The van der Waals surface area contributed by atoms with Crippen molar-refractivity contribution < 1.29 is 9.90 Å². The zero-order chi connectivity index (χ0) is 15.2. The first-order valence-corrected chi connectivity index (χ1v) is 8.00. The van der Waals surface area contributed by atoms with Crippen molar-refractivity contribution in [3.8, 4) is 0 Å². The van der Waals surface area contributed by atoms with Gasteiger partial charge in [0.1, 0.15) is 0 Å². The van der Waals surface area contributed by atoms with Crippen molar-refractivity contribution in [2.75, 3.05) is 5.75 Å². The number of hydrogen-bond acceptors (Lipinski definition) is 3. The first-order chi connectivity index (χ1) is 10.1. The fraction of sp³-hybridized carbons (Fsp3) is 0.375. The number of aliphatic carboxylic acids is 1. The third-order valence-corrected chi connectivity index (χ3v) is 4.21. The molecule has 0 spiro atoms. The van der Waals surface area contributed by atoms with Gasteiger partial charge in [0.25, 0.3) is 0 Å². The van der Waals surface area contributed by atoms with Gasteiger partial charge in [0, 0.05) is 18.4 Å². The Kier molecular flexibility index (Phi) is 5.44. The van der Waals surface area contributed by atoms with Crippen LogP contribution < -0.4 is 0 Å². The summed E-state index contributed by atoms with van der Waals surface area (Å²) in [4.78, 5) is 15.1. The normalized spacial score (nSPS) is 11.0. The highest BCUT2D eigenvalue weighted by molar-refractivity contribution is 7.99. The molecule has 21 heavy (non-hydrogen) atoms. The second kappa shape index (κ2) is 7.31. The molecule has 1 N–H and O–H groups in total. The zero-order valence-corrected chi connectivity index (χ0v) is 13.1. The number of thioether (sulfide) groups is 1. The van der Waals surface area contributed by atoms with Gasteiger partial charge in [0.05, 0.1) is 5.75 Å². The van der Waals surface area contributed by atoms with E-state index in [4.69, 9.17) is 5.11 Å². The van der Waals surface area contributed by atoms with Crippen LogP contribution in [-0.4, -0.2) is 26.4 Å². The molecule has 2 aromatic rings. The quantitative estimate of drug-likeness (QED) is 0.796. The van der Waals surface area contributed by atoms with Gasteiger partial charge in [-0.1, -0.05) is 55.9 Å². The van der Waals surface area contributed by atoms with Crippen molar-refractivity contribution >= 4 is 17.7 Å². The van der Waals surface area contributed by atoms with Crippen LogP contribution in [0.2, 0.25) is 0 Å². The first kappa shape index (κ1) is 15.6. The van der Waals surface area contributed by atoms with Gasteiger partial charge < -0.3 is 9.67 Å². The van der Waals surface area contributed by atoms with Crippen molar-refractivity contribution in [1.29, 1.82) is 0 Å². The first-order valence-electron chi connectivity index (χ1n) is 7.02. The highest BCUT2D eigenvalue weighted by atomic mass is 32.2. The smallest absolute Gasteiger partial charge is 0.313 e. The molecule has 112 valence electrons. The average Bonchev–Trinajstić information content (AvgIpc) is 2.87. The summed E-state index contributed by atoms with van der Waals surface area (Å²) in [5, 5.41) is 9.62. The van der Waals surface area contributed by atoms with Crippen LogP contribution in [0.3, 0.4) is 0 Å². The van der Waals surface area contributed by atoms with Crippen LogP contribution in [0.15, 0.2) is 41.7 Å². The lowest BCUT2D eigenvalue weighted by molar-refractivity contribution is -0.133. The second-order valence-electron chi connectivity index (χ2n) is 5.19. The molecule has 0 saturated heterocycles. The Balaban J connectivity index is 2.14. The summed E-state index contributed by atoms with van der Waals surface area (Å²) in [5.74, 6) is -0.406. The molecule has 1 aromatic carbocycles. The van der Waals surface area contributed by atoms with Gasteiger partial charge in [0.15, 0.2) is 5.16 Å². The highest BCUT2D eigenvalue weighted by Crippen LogP contribution is 2.23. The van der Waals surface area contributed by atoms with Gasteiger partial charge in [-0.15, -0.1) is 0 Å². The van der Waals surface area contributed by atoms with Crippen LogP contribution in [0.1, 0.15) is 31.0 Å². The number of hydrogen-bond donors (Lipinski definition) is 1. The van der Waals surface area contributed by atoms with E-state index in [2.05, 4.69) is 35.5 Å². The predicted octanol–water partition coefficient (Wildman–Crippen LogP) is 3.43. The Morgan fingerprint density at radius 2 is 2.05 bits per heavy atom. The molecule has 0 bridgehead atoms. The van der Waals surface area contributed by atoms with E-state index in [0.29, 0.717) is 5.92 Å². The standard InChI is InChI=1S/C16H20N2O2S/c1-12(2)14-10-17-16(21-11-15(19)20)18(14)9-8-13-6-4-3-5-7-13/h3-7,10,12H,8-9,11H2,1-2H3,(H,19,20). The molecule has 0 aliphatic rings. The minimum Gasteiger partial charge on any atom is -0.481 e. The molecule has 0 saturated carbocycles. The average molecular weight is 304 g/mol. The Morgan fingerprint density at radius 1 is 1.33 bits per heavy atom. The number of nitrogens with zero attached hydrogens (tertiary/aromatic N) is 2. The summed E-state index contributed by atoms with van der Waals surface area (Å²) >= 11 is 1.28. The van der Waals surface area contributed by atoms with E-state index >= 15 is 0 Å². The van der Waals surface area contributed by atoms with Crippen molar-refractivity contribution in [1.82, 2.24) is 9.55 Å². The molecule has 0 radical (unpaired) electrons. The number of rotatable bonds is 7. The maximum absolute atomic E-state index is 10.7. The predicted molar refractivity (Wildman–Crippen MR) is 84.8 cm³/mol. The molecular weight excluding hydrogens is 284 g/mol. The number of carbonyl (C=O) groups is 1. The third kappa shape index (κ3) is 4.36. The van der Waals surface area contributed by atoms with Gasteiger partial charge >= 0.3 is 5.97 Å². The number of aryl methyl sites for hydroxylation is 1. The number of aromatic nitrogens is 2. The molecular formula is C16H20N2O2S. The summed E-state index contributed by atoms with van der Waals surface area (Å²) < 4.78 is 2.14. The monoisotopic (exact) mass is 304 g/mol. The summed E-state index contributed by atoms with van der Waals surface area (Å²) in [6, 6.07) is 10.3. The van der Waals surface area contributed by atoms with Gasteiger partial charge in [-0.2, -0.15) is 0 Å². The molecule has 0 aliphatic heterocycles. The second-order valence-corrected chi connectivity index (χ2v) is 6.13. The molecule has 1 heterocycles. The van der Waals surface area contributed by atoms with Crippen LogP contribution in [-0.2, 0) is 17.8 Å². The van der Waals surface area contributed by atoms with E-state index < -0.39 is 5.97 Å². The summed E-state index contributed by atoms with van der Waals surface area (Å²) in [7, 11) is 0. The summed E-state index contributed by atoms with van der Waals surface area (Å²) in [6.45, 7) is 5.07. The SMILES string of the molecule is CC(C)c1cnc(SCC(=O)O)n1CCc1ccccc1. The van der Waals surface area contributed by atoms with E-state index in [1.165, 1.54) is 17.3 Å². The Bertz CT molecular complexity index is 594. The molecule has 0 aliphatic carbocycles. The van der Waals surface area contributed by atoms with Gasteiger partial charge in [-0.05, 0) is 17.9 Å². The van der Waals surface area contributed by atoms with Crippen molar-refractivity contribution in [2.24, 2.45) is 0 Å². The summed E-state index contributed by atoms with van der Waals surface area (Å²) in [6.07, 6.45) is 2.78. The van der Waals surface area contributed by atoms with E-state index in [1.54, 1.807) is 0 Å². The Labute approximate surface area is 129 Å². The Morgan fingerprint density at radius 3 is 2.67 bits per heavy atom. The molecule has 0 amide bonds. The topological polar surface area (TPSA) is 55.1 Å². The lowest BCUT2D eigenvalue weighted by atomic mass is 10.1. The van der Waals surface area contributed by atoms with Crippen LogP contribution >= 0.6 is 11.8 Å². The fourth-order valence-corrected chi connectivity index (χ4v) is 2.92. The van der Waals surface area contributed by atoms with Gasteiger partial charge in [-0.3, -0.25) is 4.79 Å². The minimum absolute atomic E-state index is 0.0416. The fourth-order valence-electron chi connectivity index (χ4n) is 2.18. The summed E-state index contributed by atoms with van der Waals surface area (Å²) in [5.41, 5.74) is 2.42. The largest absolute Gasteiger partial charge is 0.481 e. The lowest BCUT2D eigenvalue weighted by Gasteiger charge is -2.13. The number of carboxylic acids is 1. The molecule has 0 unspecified atom stereocenters. The maximum atomic E-state index is 10.7. The van der Waals surface area contributed by atoms with E-state index in [1.807, 2.05) is 24.4 Å². The lowest BCUT2D eigenvalue weighted by Crippen LogP contribution is -2.09. The number of carboxylic acid groups (broad SMARTS) is 1. The molecule has 2 rings (SSSR count). The minimum atomic E-state index is -0.816. The van der Waals surface area contributed by atoms with Gasteiger partial charge in [-0.25, -0.2) is 4.98 Å². The molecule has 0 atom stereocenters. The Hall–Kier alpha value is -1.75. The molecule has 4 nitrogen and oxygen atoms in total. The van der Waals surface area contributed by atoms with Crippen LogP contribution in [0, 0.1) is 0 Å².